The van der Waals surface area contributed by atoms with E-state index < -0.39 is 0 Å². The number of fused-ring (bicyclic) bond motifs is 1. The van der Waals surface area contributed by atoms with Gasteiger partial charge in [-0.3, -0.25) is 0 Å². The van der Waals surface area contributed by atoms with E-state index in [0.29, 0.717) is 0 Å². The van der Waals surface area contributed by atoms with E-state index in [2.05, 4.69) is 24.3 Å². The molecule has 0 saturated heterocycles. The van der Waals surface area contributed by atoms with Crippen molar-refractivity contribution in [3.63, 3.8) is 0 Å². The Morgan fingerprint density at radius 3 is 2.45 bits per heavy atom. The zero-order valence-electron chi connectivity index (χ0n) is 6.59. The lowest BCUT2D eigenvalue weighted by molar-refractivity contribution is 0.567. The summed E-state index contributed by atoms with van der Waals surface area (Å²) in [6.07, 6.45) is 13.6. The zero-order valence-corrected chi connectivity index (χ0v) is 6.59. The van der Waals surface area contributed by atoms with Crippen LogP contribution in [0.4, 0.5) is 0 Å². The van der Waals surface area contributed by atoms with E-state index in [-0.39, 0.29) is 0 Å². The smallest absolute Gasteiger partial charge is 0.0161 e. The van der Waals surface area contributed by atoms with Crippen LogP contribution >= 0.6 is 0 Å². The summed E-state index contributed by atoms with van der Waals surface area (Å²) in [6.45, 7) is 0. The Morgan fingerprint density at radius 1 is 1.09 bits per heavy atom. The van der Waals surface area contributed by atoms with E-state index in [1.165, 1.54) is 30.4 Å². The van der Waals surface area contributed by atoms with E-state index in [0.717, 1.165) is 11.8 Å². The van der Waals surface area contributed by atoms with Crippen LogP contribution < -0.4 is 0 Å². The fourth-order valence-corrected chi connectivity index (χ4v) is 2.03. The summed E-state index contributed by atoms with van der Waals surface area (Å²) >= 11 is 0. The van der Waals surface area contributed by atoms with Crippen molar-refractivity contribution in [3.05, 3.63) is 35.5 Å². The molecule has 3 rings (SSSR count). The largest absolute Gasteiger partial charge is 0.0761 e. The minimum absolute atomic E-state index is 0.888. The minimum Gasteiger partial charge on any atom is -0.0761 e. The second-order valence-corrected chi connectivity index (χ2v) is 3.85. The van der Waals surface area contributed by atoms with Gasteiger partial charge in [0, 0.05) is 0 Å². The second-order valence-electron chi connectivity index (χ2n) is 3.85. The van der Waals surface area contributed by atoms with Crippen molar-refractivity contribution in [3.8, 4) is 0 Å². The Labute approximate surface area is 67.3 Å². The van der Waals surface area contributed by atoms with Gasteiger partial charge in [-0.15, -0.1) is 0 Å². The predicted octanol–water partition coefficient (Wildman–Crippen LogP) is 2.84. The van der Waals surface area contributed by atoms with Crippen LogP contribution in [0.25, 0.3) is 0 Å². The van der Waals surface area contributed by atoms with Crippen molar-refractivity contribution < 1.29 is 0 Å². The van der Waals surface area contributed by atoms with Crippen molar-refractivity contribution in [1.29, 1.82) is 0 Å². The molecule has 0 nitrogen and oxygen atoms in total. The quantitative estimate of drug-likeness (QED) is 0.531. The first-order valence-corrected chi connectivity index (χ1v) is 4.54. The van der Waals surface area contributed by atoms with Gasteiger partial charge in [-0.05, 0) is 42.2 Å². The molecular formula is C11H12. The van der Waals surface area contributed by atoms with Gasteiger partial charge in [-0.25, -0.2) is 0 Å². The second kappa shape index (κ2) is 1.88. The fourth-order valence-electron chi connectivity index (χ4n) is 2.03. The van der Waals surface area contributed by atoms with Gasteiger partial charge < -0.3 is 0 Å². The van der Waals surface area contributed by atoms with Gasteiger partial charge in [0.05, 0.1) is 0 Å². The number of allylic oxidation sites excluding steroid dienone is 6. The fraction of sp³-hybridized carbons (Fsp3) is 0.455. The third kappa shape index (κ3) is 0.819. The van der Waals surface area contributed by atoms with Crippen molar-refractivity contribution >= 4 is 0 Å². The maximum atomic E-state index is 2.48. The SMILES string of the molecule is C1=CC2=C[C@H](C3CC3)CC=C12. The van der Waals surface area contributed by atoms with E-state index in [9.17, 15) is 0 Å². The lowest BCUT2D eigenvalue weighted by atomic mass is 9.82. The molecule has 0 heteroatoms. The molecule has 0 heterocycles. The number of rotatable bonds is 1. The highest BCUT2D eigenvalue weighted by Gasteiger charge is 2.31. The van der Waals surface area contributed by atoms with Gasteiger partial charge in [0.1, 0.15) is 0 Å². The van der Waals surface area contributed by atoms with Crippen LogP contribution in [-0.2, 0) is 0 Å². The Hall–Kier alpha value is -0.780. The average molecular weight is 144 g/mol. The molecule has 1 atom stereocenters. The average Bonchev–Trinajstić information content (AvgIpc) is 2.74. The Bertz CT molecular complexity index is 274. The first kappa shape index (κ1) is 5.82. The summed E-state index contributed by atoms with van der Waals surface area (Å²) < 4.78 is 0. The van der Waals surface area contributed by atoms with Gasteiger partial charge in [0.25, 0.3) is 0 Å². The van der Waals surface area contributed by atoms with Gasteiger partial charge in [0.15, 0.2) is 0 Å². The lowest BCUT2D eigenvalue weighted by Crippen LogP contribution is -2.08. The Morgan fingerprint density at radius 2 is 1.91 bits per heavy atom. The first-order chi connectivity index (χ1) is 5.43. The van der Waals surface area contributed by atoms with Crippen LogP contribution in [0.3, 0.4) is 0 Å². The Kier molecular flexibility index (Phi) is 0.993. The summed E-state index contributed by atoms with van der Waals surface area (Å²) in [5.41, 5.74) is 3.00. The van der Waals surface area contributed by atoms with Crippen molar-refractivity contribution in [2.75, 3.05) is 0 Å². The van der Waals surface area contributed by atoms with Crippen LogP contribution in [0.2, 0.25) is 0 Å². The standard InChI is InChI=1S/C11H12/c1-2-8(1)10-5-3-9-4-6-11(9)7-10/h3-4,6-8,10H,1-2,5H2/t10-/m1/s1. The van der Waals surface area contributed by atoms with Crippen LogP contribution in [-0.4, -0.2) is 0 Å². The third-order valence-electron chi connectivity index (χ3n) is 3.01. The molecule has 0 N–H and O–H groups in total. The van der Waals surface area contributed by atoms with Crippen molar-refractivity contribution in [2.24, 2.45) is 11.8 Å². The van der Waals surface area contributed by atoms with E-state index in [1.807, 2.05) is 0 Å². The van der Waals surface area contributed by atoms with Crippen LogP contribution in [0.5, 0.6) is 0 Å². The van der Waals surface area contributed by atoms with Gasteiger partial charge in [-0.1, -0.05) is 24.3 Å². The van der Waals surface area contributed by atoms with Gasteiger partial charge in [-0.2, -0.15) is 0 Å². The van der Waals surface area contributed by atoms with E-state index >= 15 is 0 Å². The monoisotopic (exact) mass is 144 g/mol. The molecule has 0 unspecified atom stereocenters. The zero-order chi connectivity index (χ0) is 7.26. The van der Waals surface area contributed by atoms with Crippen molar-refractivity contribution in [2.45, 2.75) is 19.3 Å². The topological polar surface area (TPSA) is 0 Å². The maximum absolute atomic E-state index is 2.48. The molecule has 0 radical (unpaired) electrons. The Balaban J connectivity index is 1.88. The molecule has 0 spiro atoms. The molecule has 3 aliphatic carbocycles. The molecule has 1 fully saturated rings. The number of hydrogen-bond acceptors (Lipinski definition) is 0. The van der Waals surface area contributed by atoms with Crippen LogP contribution in [0, 0.1) is 11.8 Å². The van der Waals surface area contributed by atoms with E-state index in [4.69, 9.17) is 0 Å². The summed E-state index contributed by atoms with van der Waals surface area (Å²) in [4.78, 5) is 0. The van der Waals surface area contributed by atoms with Crippen LogP contribution in [0.15, 0.2) is 35.5 Å². The molecule has 1 saturated carbocycles. The lowest BCUT2D eigenvalue weighted by Gasteiger charge is -2.22. The normalized spacial score (nSPS) is 33.6. The molecule has 3 aliphatic rings. The predicted molar refractivity (Wildman–Crippen MR) is 46.1 cm³/mol. The molecule has 0 bridgehead atoms. The maximum Gasteiger partial charge on any atom is -0.0161 e. The summed E-state index contributed by atoms with van der Waals surface area (Å²) in [6, 6.07) is 0. The summed E-state index contributed by atoms with van der Waals surface area (Å²) in [5.74, 6) is 1.92. The van der Waals surface area contributed by atoms with Crippen LogP contribution in [0.1, 0.15) is 19.3 Å². The molecule has 0 aromatic carbocycles. The highest BCUT2D eigenvalue weighted by molar-refractivity contribution is 5.58. The third-order valence-corrected chi connectivity index (χ3v) is 3.01. The molecule has 11 heavy (non-hydrogen) atoms. The van der Waals surface area contributed by atoms with Crippen molar-refractivity contribution in [1.82, 2.24) is 0 Å². The molecular weight excluding hydrogens is 132 g/mol. The molecule has 0 aliphatic heterocycles. The van der Waals surface area contributed by atoms with Gasteiger partial charge >= 0.3 is 0 Å². The molecule has 0 amide bonds. The molecule has 0 aromatic heterocycles. The molecule has 56 valence electrons. The molecule has 0 aromatic rings. The first-order valence-electron chi connectivity index (χ1n) is 4.54. The summed E-state index contributed by atoms with van der Waals surface area (Å²) in [5, 5.41) is 0. The highest BCUT2D eigenvalue weighted by Crippen LogP contribution is 2.43. The van der Waals surface area contributed by atoms with Gasteiger partial charge in [0.2, 0.25) is 0 Å². The van der Waals surface area contributed by atoms with E-state index in [1.54, 1.807) is 0 Å². The highest BCUT2D eigenvalue weighted by atomic mass is 14.4. The summed E-state index contributed by atoms with van der Waals surface area (Å²) in [7, 11) is 0. The minimum atomic E-state index is 0.888. The number of hydrogen-bond donors (Lipinski definition) is 0.